The second kappa shape index (κ2) is 4.70. The molecule has 0 saturated heterocycles. The Morgan fingerprint density at radius 2 is 2.29 bits per heavy atom. The minimum absolute atomic E-state index is 0.0438. The van der Waals surface area contributed by atoms with Gasteiger partial charge in [-0.2, -0.15) is 0 Å². The summed E-state index contributed by atoms with van der Waals surface area (Å²) in [6, 6.07) is 0. The summed E-state index contributed by atoms with van der Waals surface area (Å²) in [5.74, 6) is 0.116. The maximum absolute atomic E-state index is 10.7. The van der Waals surface area contributed by atoms with Gasteiger partial charge >= 0.3 is 5.82 Å². The predicted octanol–water partition coefficient (Wildman–Crippen LogP) is 1.15. The quantitative estimate of drug-likeness (QED) is 0.596. The lowest BCUT2D eigenvalue weighted by molar-refractivity contribution is -0.388. The number of rotatable bonds is 5. The van der Waals surface area contributed by atoms with Crippen LogP contribution in [0.5, 0.6) is 0 Å². The molecule has 0 amide bonds. The standard InChI is InChI=1S/C10H18N4O3/c1-7(2)10(3,15)5-11-8-9(14(16)17)12-6-13(8)4/h6-7,11,15H,5H2,1-4H3. The molecule has 96 valence electrons. The molecule has 0 radical (unpaired) electrons. The molecule has 0 fully saturated rings. The first-order valence-corrected chi connectivity index (χ1v) is 5.37. The Kier molecular flexibility index (Phi) is 3.72. The zero-order chi connectivity index (χ0) is 13.2. The lowest BCUT2D eigenvalue weighted by Crippen LogP contribution is -2.39. The van der Waals surface area contributed by atoms with Crippen molar-refractivity contribution in [2.75, 3.05) is 11.9 Å². The van der Waals surface area contributed by atoms with E-state index in [1.807, 2.05) is 13.8 Å². The van der Waals surface area contributed by atoms with Gasteiger partial charge in [-0.3, -0.25) is 4.57 Å². The largest absolute Gasteiger partial charge is 0.406 e. The van der Waals surface area contributed by atoms with Crippen molar-refractivity contribution < 1.29 is 10.0 Å². The lowest BCUT2D eigenvalue weighted by atomic mass is 9.93. The Labute approximate surface area is 99.6 Å². The third-order valence-electron chi connectivity index (χ3n) is 2.95. The number of aromatic nitrogens is 2. The predicted molar refractivity (Wildman–Crippen MR) is 63.8 cm³/mol. The second-order valence-corrected chi connectivity index (χ2v) is 4.65. The van der Waals surface area contributed by atoms with E-state index in [4.69, 9.17) is 0 Å². The summed E-state index contributed by atoms with van der Waals surface area (Å²) in [4.78, 5) is 13.9. The lowest BCUT2D eigenvalue weighted by Gasteiger charge is -2.27. The van der Waals surface area contributed by atoms with Crippen molar-refractivity contribution in [3.05, 3.63) is 16.4 Å². The third kappa shape index (κ3) is 2.94. The summed E-state index contributed by atoms with van der Waals surface area (Å²) in [5, 5.41) is 23.6. The number of aliphatic hydroxyl groups is 1. The Morgan fingerprint density at radius 1 is 1.71 bits per heavy atom. The van der Waals surface area contributed by atoms with E-state index in [1.165, 1.54) is 10.9 Å². The molecule has 1 heterocycles. The van der Waals surface area contributed by atoms with Crippen LogP contribution < -0.4 is 5.32 Å². The zero-order valence-electron chi connectivity index (χ0n) is 10.5. The van der Waals surface area contributed by atoms with Crippen LogP contribution in [0.1, 0.15) is 20.8 Å². The second-order valence-electron chi connectivity index (χ2n) is 4.65. The summed E-state index contributed by atoms with van der Waals surface area (Å²) in [7, 11) is 1.66. The molecular formula is C10H18N4O3. The van der Waals surface area contributed by atoms with Crippen molar-refractivity contribution in [3.63, 3.8) is 0 Å². The number of nitrogens with zero attached hydrogens (tertiary/aromatic N) is 3. The first-order valence-electron chi connectivity index (χ1n) is 5.37. The van der Waals surface area contributed by atoms with Crippen molar-refractivity contribution in [3.8, 4) is 0 Å². The summed E-state index contributed by atoms with van der Waals surface area (Å²) < 4.78 is 1.52. The SMILES string of the molecule is CC(C)C(C)(O)CNc1c([N+](=O)[O-])ncn1C. The van der Waals surface area contributed by atoms with Gasteiger partial charge in [0.25, 0.3) is 0 Å². The molecule has 0 aromatic carbocycles. The molecule has 0 aliphatic carbocycles. The highest BCUT2D eigenvalue weighted by atomic mass is 16.6. The van der Waals surface area contributed by atoms with Gasteiger partial charge < -0.3 is 20.5 Å². The number of nitrogens with one attached hydrogen (secondary N) is 1. The van der Waals surface area contributed by atoms with Gasteiger partial charge in [0.1, 0.15) is 0 Å². The van der Waals surface area contributed by atoms with Gasteiger partial charge in [0.2, 0.25) is 12.1 Å². The molecule has 0 saturated carbocycles. The fourth-order valence-corrected chi connectivity index (χ4v) is 1.22. The number of hydrogen-bond donors (Lipinski definition) is 2. The highest BCUT2D eigenvalue weighted by molar-refractivity contribution is 5.52. The molecule has 0 aliphatic heterocycles. The number of hydrogen-bond acceptors (Lipinski definition) is 5. The van der Waals surface area contributed by atoms with E-state index in [9.17, 15) is 15.2 Å². The maximum atomic E-state index is 10.7. The highest BCUT2D eigenvalue weighted by Gasteiger charge is 2.27. The minimum atomic E-state index is -0.932. The van der Waals surface area contributed by atoms with Gasteiger partial charge in [-0.1, -0.05) is 13.8 Å². The summed E-state index contributed by atoms with van der Waals surface area (Å²) >= 11 is 0. The van der Waals surface area contributed by atoms with Crippen LogP contribution in [-0.2, 0) is 7.05 Å². The molecule has 17 heavy (non-hydrogen) atoms. The Bertz CT molecular complexity index is 412. The minimum Gasteiger partial charge on any atom is -0.388 e. The van der Waals surface area contributed by atoms with Crippen LogP contribution >= 0.6 is 0 Å². The van der Waals surface area contributed by atoms with Gasteiger partial charge in [-0.25, -0.2) is 0 Å². The Balaban J connectivity index is 2.82. The van der Waals surface area contributed by atoms with Crippen LogP contribution in [0.15, 0.2) is 6.33 Å². The van der Waals surface area contributed by atoms with Crippen LogP contribution in [0, 0.1) is 16.0 Å². The smallest absolute Gasteiger partial charge is 0.388 e. The summed E-state index contributed by atoms with van der Waals surface area (Å²) in [5.41, 5.74) is -0.932. The first kappa shape index (κ1) is 13.4. The van der Waals surface area contributed by atoms with Gasteiger partial charge in [-0.05, 0) is 22.7 Å². The molecule has 0 bridgehead atoms. The fourth-order valence-electron chi connectivity index (χ4n) is 1.22. The van der Waals surface area contributed by atoms with E-state index >= 15 is 0 Å². The molecule has 1 atom stereocenters. The maximum Gasteiger partial charge on any atom is 0.406 e. The fraction of sp³-hybridized carbons (Fsp3) is 0.700. The van der Waals surface area contributed by atoms with E-state index < -0.39 is 10.5 Å². The topological polar surface area (TPSA) is 93.2 Å². The summed E-state index contributed by atoms with van der Waals surface area (Å²) in [6.45, 7) is 5.69. The molecule has 1 rings (SSSR count). The van der Waals surface area contributed by atoms with Gasteiger partial charge in [0, 0.05) is 13.6 Å². The van der Waals surface area contributed by atoms with E-state index in [1.54, 1.807) is 14.0 Å². The van der Waals surface area contributed by atoms with E-state index in [0.29, 0.717) is 5.82 Å². The van der Waals surface area contributed by atoms with Gasteiger partial charge in [0.05, 0.1) is 5.60 Å². The van der Waals surface area contributed by atoms with E-state index in [2.05, 4.69) is 10.3 Å². The molecule has 7 nitrogen and oxygen atoms in total. The Hall–Kier alpha value is -1.63. The van der Waals surface area contributed by atoms with Crippen LogP contribution in [0.4, 0.5) is 11.6 Å². The van der Waals surface area contributed by atoms with Crippen molar-refractivity contribution >= 4 is 11.6 Å². The van der Waals surface area contributed by atoms with Crippen LogP contribution in [-0.4, -0.2) is 31.7 Å². The molecule has 1 aromatic rings. The van der Waals surface area contributed by atoms with Crippen LogP contribution in [0.25, 0.3) is 0 Å². The number of nitro groups is 1. The molecule has 1 unspecified atom stereocenters. The number of anilines is 1. The number of aryl methyl sites for hydroxylation is 1. The van der Waals surface area contributed by atoms with Gasteiger partial charge in [-0.15, -0.1) is 0 Å². The van der Waals surface area contributed by atoms with Crippen LogP contribution in [0.2, 0.25) is 0 Å². The Morgan fingerprint density at radius 3 is 2.76 bits per heavy atom. The molecule has 1 aromatic heterocycles. The van der Waals surface area contributed by atoms with Crippen molar-refractivity contribution in [1.29, 1.82) is 0 Å². The molecule has 7 heteroatoms. The van der Waals surface area contributed by atoms with E-state index in [0.717, 1.165) is 0 Å². The van der Waals surface area contributed by atoms with Crippen molar-refractivity contribution in [2.24, 2.45) is 13.0 Å². The molecule has 0 spiro atoms. The van der Waals surface area contributed by atoms with E-state index in [-0.39, 0.29) is 18.3 Å². The highest BCUT2D eigenvalue weighted by Crippen LogP contribution is 2.23. The average molecular weight is 242 g/mol. The normalized spacial score (nSPS) is 14.7. The van der Waals surface area contributed by atoms with Crippen molar-refractivity contribution in [2.45, 2.75) is 26.4 Å². The number of imidazole rings is 1. The summed E-state index contributed by atoms with van der Waals surface area (Å²) in [6.07, 6.45) is 1.37. The van der Waals surface area contributed by atoms with Crippen LogP contribution in [0.3, 0.4) is 0 Å². The van der Waals surface area contributed by atoms with Crippen molar-refractivity contribution in [1.82, 2.24) is 9.55 Å². The molecular weight excluding hydrogens is 224 g/mol. The molecule has 2 N–H and O–H groups in total. The first-order chi connectivity index (χ1) is 7.75. The third-order valence-corrected chi connectivity index (χ3v) is 2.95. The molecule has 0 aliphatic rings. The average Bonchev–Trinajstić information content (AvgIpc) is 2.56. The van der Waals surface area contributed by atoms with Gasteiger partial charge in [0.15, 0.2) is 0 Å². The monoisotopic (exact) mass is 242 g/mol. The zero-order valence-corrected chi connectivity index (χ0v) is 10.5.